The summed E-state index contributed by atoms with van der Waals surface area (Å²) in [6.45, 7) is 7.21. The fourth-order valence-corrected chi connectivity index (χ4v) is 9.67. The molecule has 6 rings (SSSR count). The summed E-state index contributed by atoms with van der Waals surface area (Å²) in [6.07, 6.45) is 0. The third-order valence-electron chi connectivity index (χ3n) is 8.84. The maximum atomic E-state index is 14.3. The summed E-state index contributed by atoms with van der Waals surface area (Å²) >= 11 is 2.02. The molecule has 0 aliphatic carbocycles. The molecule has 16 heteroatoms. The van der Waals surface area contributed by atoms with Gasteiger partial charge in [-0.2, -0.15) is 0 Å². The number of amides is 3. The Balaban J connectivity index is 1.36. The highest BCUT2D eigenvalue weighted by Gasteiger charge is 2.56. The van der Waals surface area contributed by atoms with Crippen molar-refractivity contribution in [3.63, 3.8) is 0 Å². The number of nitrogens with zero attached hydrogens (tertiary/aromatic N) is 3. The van der Waals surface area contributed by atoms with Crippen molar-refractivity contribution < 1.29 is 32.3 Å². The van der Waals surface area contributed by atoms with Crippen molar-refractivity contribution in [2.75, 3.05) is 34.8 Å². The van der Waals surface area contributed by atoms with Crippen molar-refractivity contribution in [3.05, 3.63) is 98.5 Å². The van der Waals surface area contributed by atoms with Gasteiger partial charge in [0.2, 0.25) is 27.7 Å². The molecule has 13 nitrogen and oxygen atoms in total. The number of anilines is 3. The van der Waals surface area contributed by atoms with Crippen LogP contribution in [0.3, 0.4) is 0 Å². The first-order chi connectivity index (χ1) is 24.4. The SMILES string of the molecule is CCOC(=O)c1ccc(N2C(=O)[C@H]3[C@H](c4ccc(N(CC)CC)cc4)c4sc(=O)n(CC(=O)Nc5ccc(S(N)(=O)=O)cc5)c4S[C@H]3C2=O)cc1. The van der Waals surface area contributed by atoms with Crippen LogP contribution in [-0.4, -0.2) is 61.6 Å². The Hall–Kier alpha value is -4.77. The average molecular weight is 750 g/mol. The van der Waals surface area contributed by atoms with E-state index in [9.17, 15) is 32.4 Å². The molecule has 2 aliphatic rings. The minimum atomic E-state index is -3.92. The van der Waals surface area contributed by atoms with Crippen LogP contribution in [0.4, 0.5) is 17.1 Å². The molecule has 0 saturated carbocycles. The van der Waals surface area contributed by atoms with E-state index in [4.69, 9.17) is 9.88 Å². The molecule has 0 bridgehead atoms. The number of primary sulfonamides is 1. The molecule has 51 heavy (non-hydrogen) atoms. The summed E-state index contributed by atoms with van der Waals surface area (Å²) in [5, 5.41) is 7.35. The number of sulfonamides is 1. The molecule has 1 fully saturated rings. The molecular formula is C35H35N5O8S3. The second kappa shape index (κ2) is 14.5. The lowest BCUT2D eigenvalue weighted by molar-refractivity contribution is -0.122. The number of fused-ring (bicyclic) bond motifs is 2. The number of hydrogen-bond donors (Lipinski definition) is 2. The van der Waals surface area contributed by atoms with Crippen molar-refractivity contribution in [2.24, 2.45) is 11.1 Å². The molecule has 3 atom stereocenters. The number of imide groups is 1. The van der Waals surface area contributed by atoms with Crippen LogP contribution in [0.25, 0.3) is 0 Å². The van der Waals surface area contributed by atoms with E-state index in [0.29, 0.717) is 21.3 Å². The molecule has 266 valence electrons. The van der Waals surface area contributed by atoms with Gasteiger partial charge >= 0.3 is 10.8 Å². The first-order valence-corrected chi connectivity index (χ1v) is 19.4. The quantitative estimate of drug-likeness (QED) is 0.168. The Kier molecular flexibility index (Phi) is 10.2. The highest BCUT2D eigenvalue weighted by atomic mass is 32.2. The molecule has 1 saturated heterocycles. The third-order valence-corrected chi connectivity index (χ3v) is 12.4. The predicted molar refractivity (Wildman–Crippen MR) is 195 cm³/mol. The summed E-state index contributed by atoms with van der Waals surface area (Å²) in [7, 11) is -3.92. The molecule has 0 radical (unpaired) electrons. The number of aromatic nitrogens is 1. The van der Waals surface area contributed by atoms with E-state index in [0.717, 1.165) is 52.3 Å². The summed E-state index contributed by atoms with van der Waals surface area (Å²) in [5.74, 6) is -3.49. The smallest absolute Gasteiger partial charge is 0.338 e. The highest BCUT2D eigenvalue weighted by Crippen LogP contribution is 2.54. The van der Waals surface area contributed by atoms with Crippen molar-refractivity contribution in [3.8, 4) is 0 Å². The lowest BCUT2D eigenvalue weighted by atomic mass is 9.83. The number of carbonyl (C=O) groups is 4. The number of carbonyl (C=O) groups excluding carboxylic acids is 4. The Bertz CT molecular complexity index is 2160. The molecule has 3 amide bonds. The van der Waals surface area contributed by atoms with Crippen molar-refractivity contribution in [1.82, 2.24) is 4.57 Å². The molecule has 4 aromatic rings. The van der Waals surface area contributed by atoms with Crippen molar-refractivity contribution in [2.45, 2.75) is 48.4 Å². The minimum absolute atomic E-state index is 0.120. The normalized spacial score (nSPS) is 18.3. The van der Waals surface area contributed by atoms with E-state index in [1.165, 1.54) is 53.1 Å². The summed E-state index contributed by atoms with van der Waals surface area (Å²) in [5.41, 5.74) is 2.61. The monoisotopic (exact) mass is 749 g/mol. The third kappa shape index (κ3) is 6.96. The van der Waals surface area contributed by atoms with E-state index in [1.54, 1.807) is 6.92 Å². The van der Waals surface area contributed by atoms with Crippen LogP contribution < -0.4 is 25.1 Å². The van der Waals surface area contributed by atoms with Gasteiger partial charge in [-0.25, -0.2) is 23.3 Å². The average Bonchev–Trinajstić information content (AvgIpc) is 3.55. The van der Waals surface area contributed by atoms with Gasteiger partial charge < -0.3 is 15.0 Å². The first-order valence-electron chi connectivity index (χ1n) is 16.2. The number of thioether (sulfide) groups is 1. The lowest BCUT2D eigenvalue weighted by Crippen LogP contribution is -2.33. The first kappa shape index (κ1) is 36.0. The molecule has 0 spiro atoms. The topological polar surface area (TPSA) is 178 Å². The van der Waals surface area contributed by atoms with Gasteiger partial charge in [0.15, 0.2) is 0 Å². The van der Waals surface area contributed by atoms with Crippen LogP contribution in [0, 0.1) is 5.92 Å². The van der Waals surface area contributed by atoms with Crippen LogP contribution in [-0.2, 0) is 35.7 Å². The summed E-state index contributed by atoms with van der Waals surface area (Å²) < 4.78 is 29.6. The van der Waals surface area contributed by atoms with E-state index < -0.39 is 55.7 Å². The minimum Gasteiger partial charge on any atom is -0.462 e. The molecule has 2 aliphatic heterocycles. The van der Waals surface area contributed by atoms with Gasteiger partial charge in [-0.3, -0.25) is 23.7 Å². The summed E-state index contributed by atoms with van der Waals surface area (Å²) in [4.78, 5) is 70.8. The van der Waals surface area contributed by atoms with Crippen LogP contribution in [0.5, 0.6) is 0 Å². The van der Waals surface area contributed by atoms with Crippen molar-refractivity contribution in [1.29, 1.82) is 0 Å². The number of nitrogens with two attached hydrogens (primary N) is 1. The Morgan fingerprint density at radius 1 is 0.902 bits per heavy atom. The van der Waals surface area contributed by atoms with Crippen LogP contribution >= 0.6 is 23.1 Å². The standard InChI is InChI=1S/C35H35N5O8S3/c1-4-38(5-2)23-13-7-20(8-14-23)27-28-29(32(43)40(31(28)42)24-15-9-21(10-16-24)34(44)48-6-3)49-33-30(27)50-35(45)39(33)19-26(41)37-22-11-17-25(18-12-22)51(36,46)47/h7-18,27-29H,4-6,19H2,1-3H3,(H,37,41)(H2,36,46,47)/t27-,28-,29+/m0/s1. The van der Waals surface area contributed by atoms with Gasteiger partial charge in [0.05, 0.1) is 33.7 Å². The maximum Gasteiger partial charge on any atom is 0.338 e. The number of nitrogens with one attached hydrogen (secondary N) is 1. The van der Waals surface area contributed by atoms with Crippen LogP contribution in [0.15, 0.2) is 87.5 Å². The summed E-state index contributed by atoms with van der Waals surface area (Å²) in [6, 6.07) is 19.1. The largest absolute Gasteiger partial charge is 0.462 e. The highest BCUT2D eigenvalue weighted by molar-refractivity contribution is 8.00. The Morgan fingerprint density at radius 3 is 2.14 bits per heavy atom. The fourth-order valence-electron chi connectivity index (χ4n) is 6.38. The second-order valence-corrected chi connectivity index (χ2v) is 15.5. The second-order valence-electron chi connectivity index (χ2n) is 11.8. The molecule has 3 heterocycles. The van der Waals surface area contributed by atoms with E-state index in [2.05, 4.69) is 24.1 Å². The fraction of sp³-hybridized carbons (Fsp3) is 0.286. The van der Waals surface area contributed by atoms with Gasteiger partial charge in [-0.05, 0) is 87.0 Å². The van der Waals surface area contributed by atoms with Gasteiger partial charge in [-0.15, -0.1) is 0 Å². The van der Waals surface area contributed by atoms with Gasteiger partial charge in [0.1, 0.15) is 11.8 Å². The zero-order chi connectivity index (χ0) is 36.6. The number of hydrogen-bond acceptors (Lipinski definition) is 11. The number of esters is 1. The van der Waals surface area contributed by atoms with E-state index in [-0.39, 0.29) is 23.6 Å². The molecule has 0 unspecified atom stereocenters. The number of benzene rings is 3. The Labute approximate surface area is 302 Å². The molecule has 1 aromatic heterocycles. The molecule has 3 aromatic carbocycles. The lowest BCUT2D eigenvalue weighted by Gasteiger charge is -2.31. The maximum absolute atomic E-state index is 14.3. The van der Waals surface area contributed by atoms with Gasteiger partial charge in [-0.1, -0.05) is 35.2 Å². The van der Waals surface area contributed by atoms with E-state index in [1.807, 2.05) is 24.3 Å². The number of thiazole rings is 1. The van der Waals surface area contributed by atoms with E-state index >= 15 is 0 Å². The van der Waals surface area contributed by atoms with Gasteiger partial charge in [0, 0.05) is 35.3 Å². The zero-order valence-corrected chi connectivity index (χ0v) is 30.3. The Morgan fingerprint density at radius 2 is 1.55 bits per heavy atom. The molecular weight excluding hydrogens is 715 g/mol. The predicted octanol–water partition coefficient (Wildman–Crippen LogP) is 4.01. The van der Waals surface area contributed by atoms with Crippen LogP contribution in [0.2, 0.25) is 0 Å². The number of ether oxygens (including phenoxy) is 1. The number of rotatable bonds is 11. The van der Waals surface area contributed by atoms with Crippen LogP contribution in [0.1, 0.15) is 47.5 Å². The zero-order valence-electron chi connectivity index (χ0n) is 27.9. The van der Waals surface area contributed by atoms with Crippen molar-refractivity contribution >= 4 is 73.9 Å². The molecule has 3 N–H and O–H groups in total. The van der Waals surface area contributed by atoms with Gasteiger partial charge in [0.25, 0.3) is 0 Å².